The monoisotopic (exact) mass is 287 g/mol. The van der Waals surface area contributed by atoms with E-state index in [4.69, 9.17) is 23.2 Å². The van der Waals surface area contributed by atoms with Crippen LogP contribution in [0.3, 0.4) is 0 Å². The van der Waals surface area contributed by atoms with Crippen LogP contribution in [-0.4, -0.2) is 41.0 Å². The second-order valence-electron chi connectivity index (χ2n) is 5.00. The number of Topliss-reactive ketones (excluding diaryl/α,β-unsaturated/α-hetero) is 1. The Labute approximate surface area is 116 Å². The van der Waals surface area contributed by atoms with Crippen LogP contribution in [0.25, 0.3) is 0 Å². The van der Waals surface area contributed by atoms with Gasteiger partial charge in [0.15, 0.2) is 5.78 Å². The lowest BCUT2D eigenvalue weighted by atomic mass is 10.1. The van der Waals surface area contributed by atoms with Crippen molar-refractivity contribution in [3.8, 4) is 0 Å². The predicted molar refractivity (Wildman–Crippen MR) is 72.5 cm³/mol. The fourth-order valence-corrected chi connectivity index (χ4v) is 2.57. The lowest BCUT2D eigenvalue weighted by Gasteiger charge is -2.18. The summed E-state index contributed by atoms with van der Waals surface area (Å²) in [5.74, 6) is -0.0693. The third-order valence-electron chi connectivity index (χ3n) is 3.13. The van der Waals surface area contributed by atoms with Crippen molar-refractivity contribution in [2.45, 2.75) is 18.9 Å². The number of aliphatic hydroxyl groups is 1. The van der Waals surface area contributed by atoms with Crippen molar-refractivity contribution in [1.82, 2.24) is 4.90 Å². The van der Waals surface area contributed by atoms with E-state index in [1.807, 2.05) is 4.90 Å². The molecule has 0 spiro atoms. The van der Waals surface area contributed by atoms with E-state index in [0.29, 0.717) is 28.6 Å². The molecule has 0 saturated carbocycles. The number of rotatable bonds is 3. The second kappa shape index (κ2) is 5.17. The van der Waals surface area contributed by atoms with Crippen molar-refractivity contribution in [2.24, 2.45) is 0 Å². The lowest BCUT2D eigenvalue weighted by molar-refractivity contribution is 0.0669. The van der Waals surface area contributed by atoms with E-state index in [0.717, 1.165) is 6.54 Å². The maximum Gasteiger partial charge on any atom is 0.178 e. The van der Waals surface area contributed by atoms with Gasteiger partial charge in [-0.05, 0) is 31.5 Å². The van der Waals surface area contributed by atoms with Crippen LogP contribution < -0.4 is 0 Å². The number of halogens is 2. The molecule has 0 aromatic heterocycles. The molecule has 1 aromatic carbocycles. The maximum absolute atomic E-state index is 12.1. The molecule has 1 atom stereocenters. The Hall–Kier alpha value is -0.610. The SMILES string of the molecule is CC1(O)CCN(CC(=O)c2cc(Cl)ccc2Cl)C1. The maximum atomic E-state index is 12.1. The first-order valence-electron chi connectivity index (χ1n) is 5.80. The van der Waals surface area contributed by atoms with Crippen LogP contribution in [0.15, 0.2) is 18.2 Å². The molecule has 1 heterocycles. The molecule has 0 aliphatic carbocycles. The Bertz CT molecular complexity index is 474. The van der Waals surface area contributed by atoms with E-state index < -0.39 is 5.60 Å². The molecule has 1 aliphatic heterocycles. The van der Waals surface area contributed by atoms with E-state index in [1.165, 1.54) is 0 Å². The lowest BCUT2D eigenvalue weighted by Crippen LogP contribution is -2.33. The molecule has 98 valence electrons. The highest BCUT2D eigenvalue weighted by atomic mass is 35.5. The van der Waals surface area contributed by atoms with Crippen LogP contribution >= 0.6 is 23.2 Å². The molecule has 3 nitrogen and oxygen atoms in total. The van der Waals surface area contributed by atoms with Gasteiger partial charge in [-0.1, -0.05) is 23.2 Å². The number of carbonyl (C=O) groups excluding carboxylic acids is 1. The van der Waals surface area contributed by atoms with E-state index in [1.54, 1.807) is 25.1 Å². The molecule has 1 saturated heterocycles. The second-order valence-corrected chi connectivity index (χ2v) is 5.85. The van der Waals surface area contributed by atoms with E-state index >= 15 is 0 Å². The highest BCUT2D eigenvalue weighted by molar-refractivity contribution is 6.36. The van der Waals surface area contributed by atoms with Crippen LogP contribution in [0.4, 0.5) is 0 Å². The molecule has 5 heteroatoms. The number of likely N-dealkylation sites (tertiary alicyclic amines) is 1. The zero-order valence-corrected chi connectivity index (χ0v) is 11.6. The number of hydrogen-bond acceptors (Lipinski definition) is 3. The van der Waals surface area contributed by atoms with Crippen molar-refractivity contribution in [3.63, 3.8) is 0 Å². The number of benzene rings is 1. The van der Waals surface area contributed by atoms with Gasteiger partial charge in [0.1, 0.15) is 0 Å². The largest absolute Gasteiger partial charge is 0.389 e. The molecule has 0 bridgehead atoms. The van der Waals surface area contributed by atoms with Gasteiger partial charge in [-0.15, -0.1) is 0 Å². The van der Waals surface area contributed by atoms with Crippen molar-refractivity contribution in [2.75, 3.05) is 19.6 Å². The quantitative estimate of drug-likeness (QED) is 0.869. The van der Waals surface area contributed by atoms with Crippen LogP contribution in [0.2, 0.25) is 10.0 Å². The van der Waals surface area contributed by atoms with E-state index in [-0.39, 0.29) is 12.3 Å². The summed E-state index contributed by atoms with van der Waals surface area (Å²) in [5.41, 5.74) is -0.256. The minimum absolute atomic E-state index is 0.0693. The van der Waals surface area contributed by atoms with Crippen molar-refractivity contribution in [1.29, 1.82) is 0 Å². The first-order valence-corrected chi connectivity index (χ1v) is 6.56. The molecule has 1 aromatic rings. The van der Waals surface area contributed by atoms with Crippen LogP contribution in [0.1, 0.15) is 23.7 Å². The summed E-state index contributed by atoms with van der Waals surface area (Å²) in [4.78, 5) is 14.0. The van der Waals surface area contributed by atoms with Gasteiger partial charge < -0.3 is 5.11 Å². The van der Waals surface area contributed by atoms with Crippen LogP contribution in [-0.2, 0) is 0 Å². The highest BCUT2D eigenvalue weighted by Crippen LogP contribution is 2.24. The minimum atomic E-state index is -0.696. The Morgan fingerprint density at radius 1 is 1.50 bits per heavy atom. The van der Waals surface area contributed by atoms with Gasteiger partial charge in [0, 0.05) is 23.7 Å². The van der Waals surface area contributed by atoms with Gasteiger partial charge >= 0.3 is 0 Å². The van der Waals surface area contributed by atoms with Crippen molar-refractivity contribution >= 4 is 29.0 Å². The van der Waals surface area contributed by atoms with Gasteiger partial charge in [0.25, 0.3) is 0 Å². The molecule has 1 fully saturated rings. The van der Waals surface area contributed by atoms with Crippen LogP contribution in [0, 0.1) is 0 Å². The Balaban J connectivity index is 2.06. The first-order chi connectivity index (χ1) is 8.37. The average Bonchev–Trinajstić information content (AvgIpc) is 2.61. The molecule has 18 heavy (non-hydrogen) atoms. The molecular weight excluding hydrogens is 273 g/mol. The number of ketones is 1. The number of carbonyl (C=O) groups is 1. The van der Waals surface area contributed by atoms with Gasteiger partial charge in [-0.3, -0.25) is 9.69 Å². The van der Waals surface area contributed by atoms with E-state index in [9.17, 15) is 9.90 Å². The van der Waals surface area contributed by atoms with Crippen LogP contribution in [0.5, 0.6) is 0 Å². The molecule has 2 rings (SSSR count). The Kier molecular flexibility index (Phi) is 3.97. The van der Waals surface area contributed by atoms with E-state index in [2.05, 4.69) is 0 Å². The fraction of sp³-hybridized carbons (Fsp3) is 0.462. The summed E-state index contributed by atoms with van der Waals surface area (Å²) in [6, 6.07) is 4.86. The highest BCUT2D eigenvalue weighted by Gasteiger charge is 2.32. The summed E-state index contributed by atoms with van der Waals surface area (Å²) >= 11 is 11.8. The summed E-state index contributed by atoms with van der Waals surface area (Å²) in [7, 11) is 0. The minimum Gasteiger partial charge on any atom is -0.389 e. The molecular formula is C13H15Cl2NO2. The predicted octanol–water partition coefficient (Wildman–Crippen LogP) is 2.63. The third kappa shape index (κ3) is 3.23. The summed E-state index contributed by atoms with van der Waals surface area (Å²) in [5, 5.41) is 10.8. The standard InChI is InChI=1S/C13H15Cl2NO2/c1-13(18)4-5-16(8-13)7-12(17)10-6-9(14)2-3-11(10)15/h2-3,6,18H,4-5,7-8H2,1H3. The summed E-state index contributed by atoms with van der Waals surface area (Å²) in [6.45, 7) is 3.27. The molecule has 0 radical (unpaired) electrons. The number of β-amino-alcohol motifs (C(OH)–C–C–N with tert-alkyl or cyclic N) is 1. The topological polar surface area (TPSA) is 40.5 Å². The summed E-state index contributed by atoms with van der Waals surface area (Å²) < 4.78 is 0. The number of hydrogen-bond donors (Lipinski definition) is 1. The normalized spacial score (nSPS) is 24.4. The molecule has 1 unspecified atom stereocenters. The smallest absolute Gasteiger partial charge is 0.178 e. The first kappa shape index (κ1) is 13.8. The Morgan fingerprint density at radius 3 is 2.83 bits per heavy atom. The van der Waals surface area contributed by atoms with Gasteiger partial charge in [-0.25, -0.2) is 0 Å². The number of nitrogens with zero attached hydrogens (tertiary/aromatic N) is 1. The van der Waals surface area contributed by atoms with Crippen molar-refractivity contribution in [3.05, 3.63) is 33.8 Å². The average molecular weight is 288 g/mol. The van der Waals surface area contributed by atoms with Gasteiger partial charge in [0.05, 0.1) is 17.2 Å². The molecule has 0 amide bonds. The van der Waals surface area contributed by atoms with Gasteiger partial charge in [-0.2, -0.15) is 0 Å². The zero-order chi connectivity index (χ0) is 13.3. The fourth-order valence-electron chi connectivity index (χ4n) is 2.17. The van der Waals surface area contributed by atoms with Crippen molar-refractivity contribution < 1.29 is 9.90 Å². The molecule has 1 N–H and O–H groups in total. The Morgan fingerprint density at radius 2 is 2.22 bits per heavy atom. The zero-order valence-electron chi connectivity index (χ0n) is 10.1. The van der Waals surface area contributed by atoms with Gasteiger partial charge in [0.2, 0.25) is 0 Å². The molecule has 1 aliphatic rings. The third-order valence-corrected chi connectivity index (χ3v) is 3.69. The summed E-state index contributed by atoms with van der Waals surface area (Å²) in [6.07, 6.45) is 0.684.